The number of carbonyl (C=O) groups is 1. The van der Waals surface area contributed by atoms with Crippen LogP contribution in [0.3, 0.4) is 0 Å². The number of hydrogen-bond acceptors (Lipinski definition) is 3. The molecule has 86 valence electrons. The van der Waals surface area contributed by atoms with Crippen LogP contribution in [0.2, 0.25) is 0 Å². The summed E-state index contributed by atoms with van der Waals surface area (Å²) in [6, 6.07) is 4.01. The van der Waals surface area contributed by atoms with E-state index in [0.29, 0.717) is 6.61 Å². The minimum atomic E-state index is 0.0167. The number of Topliss-reactive ketones (excluding diaryl/α,β-unsaturated/α-hetero) is 1. The van der Waals surface area contributed by atoms with Crippen molar-refractivity contribution in [3.05, 3.63) is 28.8 Å². The number of carbonyl (C=O) groups excluding carboxylic acids is 1. The van der Waals surface area contributed by atoms with E-state index < -0.39 is 0 Å². The Balaban J connectivity index is 2.44. The number of rotatable bonds is 2. The van der Waals surface area contributed by atoms with Crippen molar-refractivity contribution >= 4 is 17.5 Å². The fourth-order valence-electron chi connectivity index (χ4n) is 2.07. The Morgan fingerprint density at radius 2 is 2.06 bits per heavy atom. The van der Waals surface area contributed by atoms with Crippen LogP contribution < -0.4 is 4.74 Å². The second kappa shape index (κ2) is 4.50. The van der Waals surface area contributed by atoms with E-state index in [0.717, 1.165) is 28.2 Å². The van der Waals surface area contributed by atoms with Crippen LogP contribution in [0.1, 0.15) is 21.5 Å². The minimum Gasteiger partial charge on any atom is -0.492 e. The molecule has 1 heterocycles. The lowest BCUT2D eigenvalue weighted by molar-refractivity contribution is 0.0851. The lowest BCUT2D eigenvalue weighted by atomic mass is 9.91. The molecule has 1 aromatic rings. The summed E-state index contributed by atoms with van der Waals surface area (Å²) < 4.78 is 5.74. The van der Waals surface area contributed by atoms with Gasteiger partial charge in [0.25, 0.3) is 0 Å². The van der Waals surface area contributed by atoms with Gasteiger partial charge in [0.05, 0.1) is 18.1 Å². The van der Waals surface area contributed by atoms with Crippen molar-refractivity contribution in [2.24, 2.45) is 5.92 Å². The molecule has 0 bridgehead atoms. The van der Waals surface area contributed by atoms with Crippen LogP contribution in [0, 0.1) is 19.8 Å². The third-order valence-electron chi connectivity index (χ3n) is 2.98. The first kappa shape index (κ1) is 11.5. The summed E-state index contributed by atoms with van der Waals surface area (Å²) >= 11 is 1.70. The van der Waals surface area contributed by atoms with Gasteiger partial charge in [-0.1, -0.05) is 12.1 Å². The van der Waals surface area contributed by atoms with Gasteiger partial charge in [0, 0.05) is 5.75 Å². The van der Waals surface area contributed by atoms with Gasteiger partial charge in [-0.25, -0.2) is 0 Å². The van der Waals surface area contributed by atoms with Crippen molar-refractivity contribution in [3.8, 4) is 5.75 Å². The fourth-order valence-corrected chi connectivity index (χ4v) is 2.72. The third-order valence-corrected chi connectivity index (χ3v) is 3.71. The predicted molar refractivity (Wildman–Crippen MR) is 67.6 cm³/mol. The molecular formula is C13H16O2S. The van der Waals surface area contributed by atoms with E-state index in [1.807, 2.05) is 32.2 Å². The van der Waals surface area contributed by atoms with Crippen LogP contribution in [0.5, 0.6) is 5.75 Å². The molecule has 0 saturated heterocycles. The van der Waals surface area contributed by atoms with Gasteiger partial charge in [0.2, 0.25) is 0 Å². The molecule has 0 saturated carbocycles. The molecule has 0 N–H and O–H groups in total. The molecule has 0 aromatic heterocycles. The van der Waals surface area contributed by atoms with E-state index in [4.69, 9.17) is 4.74 Å². The molecule has 0 amide bonds. The highest BCUT2D eigenvalue weighted by Crippen LogP contribution is 2.33. The average Bonchev–Trinajstić information content (AvgIpc) is 2.27. The fraction of sp³-hybridized carbons (Fsp3) is 0.462. The van der Waals surface area contributed by atoms with Crippen LogP contribution in [-0.2, 0) is 0 Å². The first-order chi connectivity index (χ1) is 7.65. The van der Waals surface area contributed by atoms with Crippen molar-refractivity contribution in [2.45, 2.75) is 13.8 Å². The van der Waals surface area contributed by atoms with Crippen molar-refractivity contribution in [3.63, 3.8) is 0 Å². The van der Waals surface area contributed by atoms with Crippen LogP contribution >= 0.6 is 11.8 Å². The largest absolute Gasteiger partial charge is 0.492 e. The number of fused-ring (bicyclic) bond motifs is 1. The van der Waals surface area contributed by atoms with E-state index in [1.54, 1.807) is 11.8 Å². The number of ether oxygens (including phenoxy) is 1. The van der Waals surface area contributed by atoms with Crippen molar-refractivity contribution in [1.82, 2.24) is 0 Å². The van der Waals surface area contributed by atoms with E-state index in [9.17, 15) is 4.79 Å². The second-order valence-corrected chi connectivity index (χ2v) is 5.14. The lowest BCUT2D eigenvalue weighted by Gasteiger charge is -2.26. The van der Waals surface area contributed by atoms with Crippen LogP contribution in [0.4, 0.5) is 0 Å². The zero-order valence-electron chi connectivity index (χ0n) is 9.87. The van der Waals surface area contributed by atoms with E-state index in [2.05, 4.69) is 0 Å². The highest BCUT2D eigenvalue weighted by molar-refractivity contribution is 7.98. The van der Waals surface area contributed by atoms with Gasteiger partial charge in [-0.15, -0.1) is 0 Å². The van der Waals surface area contributed by atoms with Gasteiger partial charge < -0.3 is 4.74 Å². The summed E-state index contributed by atoms with van der Waals surface area (Å²) in [5.74, 6) is 1.90. The number of thioether (sulfide) groups is 1. The summed E-state index contributed by atoms with van der Waals surface area (Å²) in [6.45, 7) is 4.48. The van der Waals surface area contributed by atoms with Gasteiger partial charge in [-0.2, -0.15) is 11.8 Å². The zero-order chi connectivity index (χ0) is 11.7. The Morgan fingerprint density at radius 3 is 2.75 bits per heavy atom. The summed E-state index contributed by atoms with van der Waals surface area (Å²) in [6.07, 6.45) is 2.02. The second-order valence-electron chi connectivity index (χ2n) is 4.23. The smallest absolute Gasteiger partial charge is 0.174 e. The standard InChI is InChI=1S/C13H16O2S/c1-8-4-5-9(2)13-11(8)12(14)10(6-15-13)7-16-3/h4-5,10H,6-7H2,1-3H3. The number of benzene rings is 1. The highest BCUT2D eigenvalue weighted by atomic mass is 32.2. The molecule has 0 aliphatic carbocycles. The Bertz CT molecular complexity index is 426. The molecule has 0 spiro atoms. The maximum atomic E-state index is 12.3. The van der Waals surface area contributed by atoms with E-state index in [1.165, 1.54) is 0 Å². The third kappa shape index (κ3) is 1.84. The molecule has 2 rings (SSSR count). The SMILES string of the molecule is CSCC1COc2c(C)ccc(C)c2C1=O. The number of hydrogen-bond donors (Lipinski definition) is 0. The minimum absolute atomic E-state index is 0.0167. The zero-order valence-corrected chi connectivity index (χ0v) is 10.7. The molecular weight excluding hydrogens is 220 g/mol. The first-order valence-corrected chi connectivity index (χ1v) is 6.80. The average molecular weight is 236 g/mol. The van der Waals surface area contributed by atoms with Crippen LogP contribution in [0.25, 0.3) is 0 Å². The molecule has 0 radical (unpaired) electrons. The maximum absolute atomic E-state index is 12.3. The van der Waals surface area contributed by atoms with E-state index >= 15 is 0 Å². The molecule has 1 unspecified atom stereocenters. The first-order valence-electron chi connectivity index (χ1n) is 5.41. The molecule has 1 atom stereocenters. The quantitative estimate of drug-likeness (QED) is 0.790. The Hall–Kier alpha value is -0.960. The summed E-state index contributed by atoms with van der Waals surface area (Å²) in [4.78, 5) is 12.3. The predicted octanol–water partition coefficient (Wildman–Crippen LogP) is 2.86. The highest BCUT2D eigenvalue weighted by Gasteiger charge is 2.30. The topological polar surface area (TPSA) is 26.3 Å². The molecule has 16 heavy (non-hydrogen) atoms. The van der Waals surface area contributed by atoms with Crippen LogP contribution in [-0.4, -0.2) is 24.4 Å². The normalized spacial score (nSPS) is 19.2. The lowest BCUT2D eigenvalue weighted by Crippen LogP contribution is -2.30. The number of ketones is 1. The molecule has 2 nitrogen and oxygen atoms in total. The molecule has 1 aliphatic heterocycles. The summed E-state index contributed by atoms with van der Waals surface area (Å²) in [5.41, 5.74) is 2.87. The van der Waals surface area contributed by atoms with Crippen molar-refractivity contribution in [1.29, 1.82) is 0 Å². The summed E-state index contributed by atoms with van der Waals surface area (Å²) in [5, 5.41) is 0. The van der Waals surface area contributed by atoms with E-state index in [-0.39, 0.29) is 11.7 Å². The number of aryl methyl sites for hydroxylation is 2. The van der Waals surface area contributed by atoms with Gasteiger partial charge in [0.15, 0.2) is 5.78 Å². The monoisotopic (exact) mass is 236 g/mol. The Labute approximate surface area is 100 Å². The van der Waals surface area contributed by atoms with Crippen LogP contribution in [0.15, 0.2) is 12.1 Å². The van der Waals surface area contributed by atoms with Gasteiger partial charge in [-0.05, 0) is 31.2 Å². The maximum Gasteiger partial charge on any atom is 0.174 e. The Kier molecular flexibility index (Phi) is 3.24. The molecule has 3 heteroatoms. The van der Waals surface area contributed by atoms with Gasteiger partial charge in [0.1, 0.15) is 5.75 Å². The molecule has 1 aliphatic rings. The molecule has 1 aromatic carbocycles. The molecule has 0 fully saturated rings. The Morgan fingerprint density at radius 1 is 1.38 bits per heavy atom. The van der Waals surface area contributed by atoms with Gasteiger partial charge in [-0.3, -0.25) is 4.79 Å². The van der Waals surface area contributed by atoms with Crippen molar-refractivity contribution in [2.75, 3.05) is 18.6 Å². The van der Waals surface area contributed by atoms with Gasteiger partial charge >= 0.3 is 0 Å². The summed E-state index contributed by atoms with van der Waals surface area (Å²) in [7, 11) is 0. The van der Waals surface area contributed by atoms with Crippen molar-refractivity contribution < 1.29 is 9.53 Å².